The fraction of sp³-hybridized carbons (Fsp3) is 0.0741. The third-order valence-corrected chi connectivity index (χ3v) is 6.38. The number of fused-ring (bicyclic) bond motifs is 1. The van der Waals surface area contributed by atoms with Crippen LogP contribution in [0.15, 0.2) is 64.2 Å². The number of H-pyrrole nitrogens is 1. The molecule has 0 bridgehead atoms. The minimum Gasteiger partial charge on any atom is -0.454 e. The molecular formula is C27H16Cl2FN5O3. The minimum absolute atomic E-state index is 0.0721. The molecule has 11 heteroatoms. The molecule has 1 N–H and O–H groups in total. The molecule has 0 radical (unpaired) electrons. The van der Waals surface area contributed by atoms with Gasteiger partial charge in [-0.05, 0) is 79.6 Å². The number of aryl methyl sites for hydroxylation is 2. The van der Waals surface area contributed by atoms with E-state index in [1.54, 1.807) is 43.3 Å². The van der Waals surface area contributed by atoms with Crippen LogP contribution in [0.25, 0.3) is 27.8 Å². The number of halogens is 3. The van der Waals surface area contributed by atoms with Gasteiger partial charge in [-0.15, -0.1) is 5.10 Å². The van der Waals surface area contributed by atoms with E-state index in [0.717, 1.165) is 32.4 Å². The van der Waals surface area contributed by atoms with Gasteiger partial charge in [0, 0.05) is 10.9 Å². The fourth-order valence-electron chi connectivity index (χ4n) is 3.92. The lowest BCUT2D eigenvalue weighted by Gasteiger charge is -2.13. The van der Waals surface area contributed by atoms with Crippen LogP contribution in [0.4, 0.5) is 4.39 Å². The maximum Gasteiger partial charge on any atom is 0.349 e. The van der Waals surface area contributed by atoms with Crippen molar-refractivity contribution in [3.63, 3.8) is 0 Å². The van der Waals surface area contributed by atoms with E-state index >= 15 is 0 Å². The molecule has 0 fully saturated rings. The predicted molar refractivity (Wildman–Crippen MR) is 142 cm³/mol. The molecule has 0 unspecified atom stereocenters. The maximum absolute atomic E-state index is 13.7. The summed E-state index contributed by atoms with van der Waals surface area (Å²) >= 11 is 12.9. The second-order valence-electron chi connectivity index (χ2n) is 8.44. The van der Waals surface area contributed by atoms with E-state index in [1.165, 1.54) is 18.2 Å². The zero-order valence-corrected chi connectivity index (χ0v) is 21.4. The van der Waals surface area contributed by atoms with Crippen LogP contribution in [0.5, 0.6) is 11.5 Å². The molecule has 0 amide bonds. The van der Waals surface area contributed by atoms with Gasteiger partial charge in [-0.25, -0.2) is 14.2 Å². The van der Waals surface area contributed by atoms with Crippen molar-refractivity contribution in [1.29, 1.82) is 5.26 Å². The molecule has 0 aliphatic heterocycles. The average molecular weight is 548 g/mol. The summed E-state index contributed by atoms with van der Waals surface area (Å²) in [5.74, 6) is 0.307. The summed E-state index contributed by atoms with van der Waals surface area (Å²) in [7, 11) is 0. The van der Waals surface area contributed by atoms with Gasteiger partial charge in [0.15, 0.2) is 5.75 Å². The van der Waals surface area contributed by atoms with Crippen LogP contribution in [-0.2, 0) is 0 Å². The van der Waals surface area contributed by atoms with Crippen LogP contribution >= 0.6 is 23.2 Å². The summed E-state index contributed by atoms with van der Waals surface area (Å²) in [6.45, 7) is 3.64. The van der Waals surface area contributed by atoms with Crippen LogP contribution in [0.3, 0.4) is 0 Å². The Morgan fingerprint density at radius 2 is 1.74 bits per heavy atom. The molecule has 8 nitrogen and oxygen atoms in total. The van der Waals surface area contributed by atoms with Gasteiger partial charge in [-0.2, -0.15) is 9.94 Å². The van der Waals surface area contributed by atoms with Crippen molar-refractivity contribution >= 4 is 34.1 Å². The van der Waals surface area contributed by atoms with Crippen molar-refractivity contribution in [1.82, 2.24) is 19.7 Å². The van der Waals surface area contributed by atoms with Gasteiger partial charge in [0.1, 0.15) is 17.6 Å². The largest absolute Gasteiger partial charge is 0.454 e. The van der Waals surface area contributed by atoms with E-state index in [4.69, 9.17) is 38.2 Å². The van der Waals surface area contributed by atoms with Gasteiger partial charge in [0.2, 0.25) is 5.69 Å². The molecule has 38 heavy (non-hydrogen) atoms. The number of aromatic amines is 1. The molecule has 2 heterocycles. The van der Waals surface area contributed by atoms with Crippen LogP contribution in [0.2, 0.25) is 10.0 Å². The van der Waals surface area contributed by atoms with Crippen LogP contribution in [0, 0.1) is 31.0 Å². The van der Waals surface area contributed by atoms with Gasteiger partial charge < -0.3 is 4.74 Å². The first kappa shape index (κ1) is 25.1. The Morgan fingerprint density at radius 1 is 1.00 bits per heavy atom. The van der Waals surface area contributed by atoms with Crippen LogP contribution in [0.1, 0.15) is 16.8 Å². The number of hydrogen-bond donors (Lipinski definition) is 1. The lowest BCUT2D eigenvalue weighted by atomic mass is 10.0. The summed E-state index contributed by atoms with van der Waals surface area (Å²) in [5.41, 5.74) is 1.61. The number of pyridine rings is 1. The third-order valence-electron chi connectivity index (χ3n) is 5.82. The molecule has 0 spiro atoms. The summed E-state index contributed by atoms with van der Waals surface area (Å²) in [6.07, 6.45) is 0. The second kappa shape index (κ2) is 9.74. The highest BCUT2D eigenvalue weighted by Crippen LogP contribution is 2.39. The van der Waals surface area contributed by atoms with Crippen molar-refractivity contribution < 1.29 is 9.13 Å². The predicted octanol–water partition coefficient (Wildman–Crippen LogP) is 5.86. The number of hydrogen-bond acceptors (Lipinski definition) is 6. The number of aromatic nitrogens is 4. The lowest BCUT2D eigenvalue weighted by Crippen LogP contribution is -2.33. The Hall–Kier alpha value is -4.52. The van der Waals surface area contributed by atoms with Gasteiger partial charge in [0.25, 0.3) is 5.56 Å². The standard InChI is InChI=1S/C27H16Cl2FN5O3/c1-13-8-23(15-3-5-21(30)14(2)7-15)32-22-6-4-17(11-18(13)22)38-25-19(28)9-16(10-20(25)29)35-27(37)33-26(36)24(12-31)34-35/h3-11H,1-2H3,(H,33,36,37). The minimum atomic E-state index is -0.896. The Bertz CT molecular complexity index is 1910. The molecule has 5 rings (SSSR count). The molecule has 0 saturated carbocycles. The topological polar surface area (TPSA) is 114 Å². The van der Waals surface area contributed by atoms with E-state index in [2.05, 4.69) is 5.10 Å². The first-order valence-corrected chi connectivity index (χ1v) is 11.9. The number of benzene rings is 3. The monoisotopic (exact) mass is 547 g/mol. The molecule has 0 aliphatic rings. The molecular weight excluding hydrogens is 532 g/mol. The van der Waals surface area contributed by atoms with Crippen LogP contribution in [-0.4, -0.2) is 19.7 Å². The average Bonchev–Trinajstić information content (AvgIpc) is 2.88. The van der Waals surface area contributed by atoms with Crippen molar-refractivity contribution in [2.24, 2.45) is 0 Å². The highest BCUT2D eigenvalue weighted by Gasteiger charge is 2.16. The summed E-state index contributed by atoms with van der Waals surface area (Å²) in [6, 6.07) is 16.5. The molecule has 0 aliphatic carbocycles. The summed E-state index contributed by atoms with van der Waals surface area (Å²) < 4.78 is 20.5. The Balaban J connectivity index is 1.49. The van der Waals surface area contributed by atoms with E-state index in [0.29, 0.717) is 11.3 Å². The molecule has 0 atom stereocenters. The van der Waals surface area contributed by atoms with Gasteiger partial charge in [-0.1, -0.05) is 23.2 Å². The van der Waals surface area contributed by atoms with E-state index < -0.39 is 16.9 Å². The quantitative estimate of drug-likeness (QED) is 0.301. The molecule has 0 saturated heterocycles. The Morgan fingerprint density at radius 3 is 2.42 bits per heavy atom. The maximum atomic E-state index is 13.7. The Kier molecular flexibility index (Phi) is 6.45. The van der Waals surface area contributed by atoms with Crippen LogP contribution < -0.4 is 16.0 Å². The van der Waals surface area contributed by atoms with Gasteiger partial charge in [0.05, 0.1) is 26.9 Å². The van der Waals surface area contributed by atoms with Crippen molar-refractivity contribution in [2.45, 2.75) is 13.8 Å². The van der Waals surface area contributed by atoms with Gasteiger partial charge >= 0.3 is 5.69 Å². The molecule has 2 aromatic heterocycles. The molecule has 3 aromatic carbocycles. The van der Waals surface area contributed by atoms with Crippen molar-refractivity contribution in [3.05, 3.63) is 108 Å². The van der Waals surface area contributed by atoms with E-state index in [9.17, 15) is 14.0 Å². The number of nitriles is 1. The number of nitrogens with zero attached hydrogens (tertiary/aromatic N) is 4. The number of rotatable bonds is 4. The smallest absolute Gasteiger partial charge is 0.349 e. The van der Waals surface area contributed by atoms with E-state index in [-0.39, 0.29) is 27.3 Å². The van der Waals surface area contributed by atoms with Crippen molar-refractivity contribution in [3.8, 4) is 34.5 Å². The highest BCUT2D eigenvalue weighted by atomic mass is 35.5. The zero-order chi connectivity index (χ0) is 27.1. The number of ether oxygens (including phenoxy) is 1. The number of nitrogens with one attached hydrogen (secondary N) is 1. The fourth-order valence-corrected chi connectivity index (χ4v) is 4.47. The molecule has 188 valence electrons. The zero-order valence-electron chi connectivity index (χ0n) is 19.8. The van der Waals surface area contributed by atoms with Crippen molar-refractivity contribution in [2.75, 3.05) is 0 Å². The second-order valence-corrected chi connectivity index (χ2v) is 9.25. The summed E-state index contributed by atoms with van der Waals surface area (Å²) in [5, 5.41) is 13.8. The SMILES string of the molecule is Cc1cc(-c2cc(C)c3cc(Oc4c(Cl)cc(-n5nc(C#N)c(=O)[nH]c5=O)cc4Cl)ccc3n2)ccc1F. The first-order chi connectivity index (χ1) is 18.1. The highest BCUT2D eigenvalue weighted by molar-refractivity contribution is 6.37. The lowest BCUT2D eigenvalue weighted by molar-refractivity contribution is 0.483. The Labute approximate surface area is 224 Å². The summed E-state index contributed by atoms with van der Waals surface area (Å²) in [4.78, 5) is 30.6. The molecule has 5 aromatic rings. The normalized spacial score (nSPS) is 10.9. The van der Waals surface area contributed by atoms with Gasteiger partial charge in [-0.3, -0.25) is 9.78 Å². The third kappa shape index (κ3) is 4.63. The van der Waals surface area contributed by atoms with E-state index in [1.807, 2.05) is 18.0 Å². The first-order valence-electron chi connectivity index (χ1n) is 11.1.